The van der Waals surface area contributed by atoms with Crippen molar-refractivity contribution in [2.45, 2.75) is 31.7 Å². The Bertz CT molecular complexity index is 460. The summed E-state index contributed by atoms with van der Waals surface area (Å²) in [5, 5.41) is 6.34. The van der Waals surface area contributed by atoms with E-state index in [1.54, 1.807) is 0 Å². The third-order valence-corrected chi connectivity index (χ3v) is 4.92. The van der Waals surface area contributed by atoms with Gasteiger partial charge in [0.05, 0.1) is 6.54 Å². The molecule has 2 saturated carbocycles. The molecule has 3 rings (SSSR count). The van der Waals surface area contributed by atoms with E-state index in [0.29, 0.717) is 12.6 Å². The van der Waals surface area contributed by atoms with Gasteiger partial charge in [-0.05, 0) is 55.4 Å². The number of carbonyl (C=O) groups excluding carboxylic acids is 1. The predicted octanol–water partition coefficient (Wildman–Crippen LogP) is 3.17. The van der Waals surface area contributed by atoms with Crippen LogP contribution in [0.15, 0.2) is 28.7 Å². The van der Waals surface area contributed by atoms with Crippen LogP contribution in [-0.2, 0) is 4.79 Å². The molecule has 0 heterocycles. The third kappa shape index (κ3) is 3.18. The molecular weight excluding hydrogens is 304 g/mol. The Morgan fingerprint density at radius 2 is 2.00 bits per heavy atom. The van der Waals surface area contributed by atoms with E-state index in [2.05, 4.69) is 26.6 Å². The molecule has 0 aliphatic heterocycles. The average molecular weight is 323 g/mol. The van der Waals surface area contributed by atoms with Crippen LogP contribution in [0.3, 0.4) is 0 Å². The number of anilines is 1. The van der Waals surface area contributed by atoms with E-state index < -0.39 is 0 Å². The van der Waals surface area contributed by atoms with E-state index in [4.69, 9.17) is 0 Å². The maximum absolute atomic E-state index is 11.9. The van der Waals surface area contributed by atoms with Crippen LogP contribution in [0.5, 0.6) is 0 Å². The number of hydrogen-bond acceptors (Lipinski definition) is 2. The van der Waals surface area contributed by atoms with Gasteiger partial charge in [0.15, 0.2) is 0 Å². The molecule has 1 aromatic rings. The summed E-state index contributed by atoms with van der Waals surface area (Å²) in [6.07, 6.45) is 5.37. The molecule has 1 amide bonds. The Morgan fingerprint density at radius 3 is 2.63 bits per heavy atom. The number of fused-ring (bicyclic) bond motifs is 2. The van der Waals surface area contributed by atoms with Crippen molar-refractivity contribution in [2.75, 3.05) is 11.9 Å². The molecule has 102 valence electrons. The van der Waals surface area contributed by atoms with E-state index >= 15 is 0 Å². The molecule has 4 heteroatoms. The van der Waals surface area contributed by atoms with Gasteiger partial charge in [0.1, 0.15) is 0 Å². The first-order valence-electron chi connectivity index (χ1n) is 6.99. The Labute approximate surface area is 122 Å². The Balaban J connectivity index is 1.45. The molecule has 0 aromatic heterocycles. The maximum atomic E-state index is 11.9. The molecule has 19 heavy (non-hydrogen) atoms. The Kier molecular flexibility index (Phi) is 3.89. The molecule has 0 spiro atoms. The van der Waals surface area contributed by atoms with Gasteiger partial charge in [0.25, 0.3) is 0 Å². The zero-order valence-corrected chi connectivity index (χ0v) is 12.4. The molecule has 1 aromatic carbocycles. The SMILES string of the molecule is O=C(CNC1CC2CCC1C2)Nc1ccc(Br)cc1. The Morgan fingerprint density at radius 1 is 1.21 bits per heavy atom. The molecule has 2 bridgehead atoms. The van der Waals surface area contributed by atoms with Crippen LogP contribution in [-0.4, -0.2) is 18.5 Å². The van der Waals surface area contributed by atoms with E-state index in [0.717, 1.165) is 22.0 Å². The highest BCUT2D eigenvalue weighted by Gasteiger charge is 2.39. The van der Waals surface area contributed by atoms with Gasteiger partial charge in [-0.2, -0.15) is 0 Å². The monoisotopic (exact) mass is 322 g/mol. The fraction of sp³-hybridized carbons (Fsp3) is 0.533. The van der Waals surface area contributed by atoms with Gasteiger partial charge in [0, 0.05) is 16.2 Å². The lowest BCUT2D eigenvalue weighted by Crippen LogP contribution is -2.39. The minimum atomic E-state index is 0.0464. The van der Waals surface area contributed by atoms with Gasteiger partial charge in [-0.15, -0.1) is 0 Å². The summed E-state index contributed by atoms with van der Waals surface area (Å²) >= 11 is 3.38. The van der Waals surface area contributed by atoms with Crippen molar-refractivity contribution in [3.63, 3.8) is 0 Å². The highest BCUT2D eigenvalue weighted by Crippen LogP contribution is 2.44. The summed E-state index contributed by atoms with van der Waals surface area (Å²) in [7, 11) is 0. The summed E-state index contributed by atoms with van der Waals surface area (Å²) in [5.74, 6) is 1.77. The van der Waals surface area contributed by atoms with E-state index in [1.807, 2.05) is 24.3 Å². The number of carbonyl (C=O) groups is 1. The second-order valence-corrected chi connectivity index (χ2v) is 6.63. The number of benzene rings is 1. The smallest absolute Gasteiger partial charge is 0.238 e. The van der Waals surface area contributed by atoms with Crippen molar-refractivity contribution in [3.8, 4) is 0 Å². The molecule has 3 atom stereocenters. The van der Waals surface area contributed by atoms with Crippen molar-refractivity contribution >= 4 is 27.5 Å². The minimum absolute atomic E-state index is 0.0464. The second kappa shape index (κ2) is 5.63. The zero-order chi connectivity index (χ0) is 13.2. The highest BCUT2D eigenvalue weighted by atomic mass is 79.9. The first kappa shape index (κ1) is 13.1. The van der Waals surface area contributed by atoms with Gasteiger partial charge in [0.2, 0.25) is 5.91 Å². The number of amides is 1. The summed E-state index contributed by atoms with van der Waals surface area (Å²) in [6, 6.07) is 8.23. The molecule has 2 N–H and O–H groups in total. The van der Waals surface area contributed by atoms with Crippen molar-refractivity contribution in [1.29, 1.82) is 0 Å². The molecule has 3 unspecified atom stereocenters. The minimum Gasteiger partial charge on any atom is -0.325 e. The Hall–Kier alpha value is -0.870. The van der Waals surface area contributed by atoms with Crippen molar-refractivity contribution in [3.05, 3.63) is 28.7 Å². The first-order chi connectivity index (χ1) is 9.20. The van der Waals surface area contributed by atoms with Gasteiger partial charge in [-0.25, -0.2) is 0 Å². The molecule has 2 aliphatic rings. The summed E-state index contributed by atoms with van der Waals surface area (Å²) in [4.78, 5) is 11.9. The second-order valence-electron chi connectivity index (χ2n) is 5.72. The van der Waals surface area contributed by atoms with Gasteiger partial charge in [-0.3, -0.25) is 4.79 Å². The molecule has 2 aliphatic carbocycles. The van der Waals surface area contributed by atoms with Gasteiger partial charge in [-0.1, -0.05) is 22.4 Å². The van der Waals surface area contributed by atoms with E-state index in [9.17, 15) is 4.79 Å². The molecule has 2 fully saturated rings. The third-order valence-electron chi connectivity index (χ3n) is 4.39. The zero-order valence-electron chi connectivity index (χ0n) is 10.9. The average Bonchev–Trinajstić information content (AvgIpc) is 3.01. The number of nitrogens with one attached hydrogen (secondary N) is 2. The van der Waals surface area contributed by atoms with E-state index in [-0.39, 0.29) is 5.91 Å². The van der Waals surface area contributed by atoms with Crippen molar-refractivity contribution in [2.24, 2.45) is 11.8 Å². The van der Waals surface area contributed by atoms with Crippen molar-refractivity contribution in [1.82, 2.24) is 5.32 Å². The topological polar surface area (TPSA) is 41.1 Å². The van der Waals surface area contributed by atoms with Crippen LogP contribution < -0.4 is 10.6 Å². The largest absolute Gasteiger partial charge is 0.325 e. The lowest BCUT2D eigenvalue weighted by molar-refractivity contribution is -0.115. The fourth-order valence-corrected chi connectivity index (χ4v) is 3.72. The van der Waals surface area contributed by atoms with Crippen LogP contribution >= 0.6 is 15.9 Å². The van der Waals surface area contributed by atoms with Gasteiger partial charge >= 0.3 is 0 Å². The predicted molar refractivity (Wildman–Crippen MR) is 80.0 cm³/mol. The van der Waals surface area contributed by atoms with Crippen LogP contribution in [0.1, 0.15) is 25.7 Å². The number of halogens is 1. The van der Waals surface area contributed by atoms with Crippen LogP contribution in [0.2, 0.25) is 0 Å². The standard InChI is InChI=1S/C15H19BrN2O/c16-12-3-5-13(6-4-12)18-15(19)9-17-14-8-10-1-2-11(14)7-10/h3-6,10-11,14,17H,1-2,7-9H2,(H,18,19). The molecule has 3 nitrogen and oxygen atoms in total. The quantitative estimate of drug-likeness (QED) is 0.894. The summed E-state index contributed by atoms with van der Waals surface area (Å²) < 4.78 is 1.02. The van der Waals surface area contributed by atoms with E-state index in [1.165, 1.54) is 25.7 Å². The maximum Gasteiger partial charge on any atom is 0.238 e. The summed E-state index contributed by atoms with van der Waals surface area (Å²) in [6.45, 7) is 0.421. The first-order valence-corrected chi connectivity index (χ1v) is 7.79. The summed E-state index contributed by atoms with van der Waals surface area (Å²) in [5.41, 5.74) is 0.850. The van der Waals surface area contributed by atoms with Crippen LogP contribution in [0.4, 0.5) is 5.69 Å². The highest BCUT2D eigenvalue weighted by molar-refractivity contribution is 9.10. The van der Waals surface area contributed by atoms with Crippen LogP contribution in [0.25, 0.3) is 0 Å². The number of hydrogen-bond donors (Lipinski definition) is 2. The lowest BCUT2D eigenvalue weighted by atomic mass is 9.95. The van der Waals surface area contributed by atoms with Gasteiger partial charge < -0.3 is 10.6 Å². The van der Waals surface area contributed by atoms with Crippen LogP contribution in [0, 0.1) is 11.8 Å². The fourth-order valence-electron chi connectivity index (χ4n) is 3.46. The number of rotatable bonds is 4. The molecule has 0 saturated heterocycles. The molecular formula is C15H19BrN2O. The van der Waals surface area contributed by atoms with Crippen molar-refractivity contribution < 1.29 is 4.79 Å². The molecule has 0 radical (unpaired) electrons. The normalized spacial score (nSPS) is 28.6. The lowest BCUT2D eigenvalue weighted by Gasteiger charge is -2.22.